The van der Waals surface area contributed by atoms with Crippen LogP contribution in [0.5, 0.6) is 11.5 Å². The molecule has 0 spiro atoms. The van der Waals surface area contributed by atoms with Gasteiger partial charge in [0.25, 0.3) is 5.69 Å². The van der Waals surface area contributed by atoms with E-state index in [0.29, 0.717) is 23.7 Å². The average Bonchev–Trinajstić information content (AvgIpc) is 2.52. The number of nitrogens with one attached hydrogen (secondary N) is 1. The van der Waals surface area contributed by atoms with Crippen molar-refractivity contribution in [3.63, 3.8) is 0 Å². The quantitative estimate of drug-likeness (QED) is 0.617. The number of non-ortho nitro benzene ring substituents is 1. The molecule has 0 saturated carbocycles. The Bertz CT molecular complexity index is 691. The Morgan fingerprint density at radius 3 is 2.64 bits per heavy atom. The zero-order chi connectivity index (χ0) is 16.1. The lowest BCUT2D eigenvalue weighted by molar-refractivity contribution is -0.384. The van der Waals surface area contributed by atoms with E-state index in [-0.39, 0.29) is 5.69 Å². The molecule has 2 rings (SSSR count). The molecule has 0 aromatic heterocycles. The van der Waals surface area contributed by atoms with Crippen molar-refractivity contribution in [2.75, 3.05) is 19.5 Å². The van der Waals surface area contributed by atoms with Gasteiger partial charge in [-0.25, -0.2) is 0 Å². The van der Waals surface area contributed by atoms with Gasteiger partial charge in [-0.3, -0.25) is 10.1 Å². The highest BCUT2D eigenvalue weighted by Crippen LogP contribution is 2.36. The lowest BCUT2D eigenvalue weighted by atomic mass is 10.2. The summed E-state index contributed by atoms with van der Waals surface area (Å²) in [6.07, 6.45) is 0. The Labute approximate surface area is 136 Å². The standard InChI is InChI=1S/C15H15BrN2O4/c1-21-14-7-10(6-13(16)15(14)22-2)9-17-11-4-3-5-12(8-11)18(19)20/h3-8,17H,9H2,1-2H3. The molecule has 2 aromatic carbocycles. The van der Waals surface area contributed by atoms with E-state index in [9.17, 15) is 10.1 Å². The van der Waals surface area contributed by atoms with Crippen LogP contribution >= 0.6 is 15.9 Å². The lowest BCUT2D eigenvalue weighted by Gasteiger charge is -2.13. The minimum absolute atomic E-state index is 0.0542. The maximum absolute atomic E-state index is 10.8. The van der Waals surface area contributed by atoms with Crippen LogP contribution in [0.4, 0.5) is 11.4 Å². The van der Waals surface area contributed by atoms with Crippen molar-refractivity contribution in [1.82, 2.24) is 0 Å². The molecular weight excluding hydrogens is 352 g/mol. The van der Waals surface area contributed by atoms with E-state index in [1.807, 2.05) is 12.1 Å². The number of anilines is 1. The molecule has 2 aromatic rings. The predicted molar refractivity (Wildman–Crippen MR) is 87.7 cm³/mol. The van der Waals surface area contributed by atoms with E-state index in [2.05, 4.69) is 21.2 Å². The first-order valence-corrected chi connectivity index (χ1v) is 7.23. The van der Waals surface area contributed by atoms with Crippen molar-refractivity contribution in [2.24, 2.45) is 0 Å². The highest BCUT2D eigenvalue weighted by Gasteiger charge is 2.11. The summed E-state index contributed by atoms with van der Waals surface area (Å²) in [6.45, 7) is 0.500. The smallest absolute Gasteiger partial charge is 0.271 e. The van der Waals surface area contributed by atoms with Crippen LogP contribution in [0.3, 0.4) is 0 Å². The summed E-state index contributed by atoms with van der Waals surface area (Å²) >= 11 is 3.43. The second-order valence-electron chi connectivity index (χ2n) is 4.47. The molecule has 6 nitrogen and oxygen atoms in total. The Balaban J connectivity index is 2.16. The van der Waals surface area contributed by atoms with Crippen molar-refractivity contribution < 1.29 is 14.4 Å². The van der Waals surface area contributed by atoms with E-state index >= 15 is 0 Å². The number of nitrogens with zero attached hydrogens (tertiary/aromatic N) is 1. The molecule has 0 radical (unpaired) electrons. The minimum atomic E-state index is -0.418. The van der Waals surface area contributed by atoms with Gasteiger partial charge < -0.3 is 14.8 Å². The number of hydrogen-bond donors (Lipinski definition) is 1. The van der Waals surface area contributed by atoms with E-state index in [1.54, 1.807) is 26.4 Å². The third kappa shape index (κ3) is 3.67. The van der Waals surface area contributed by atoms with Crippen molar-refractivity contribution in [3.8, 4) is 11.5 Å². The Hall–Kier alpha value is -2.28. The summed E-state index contributed by atoms with van der Waals surface area (Å²) in [4.78, 5) is 10.3. The van der Waals surface area contributed by atoms with Gasteiger partial charge in [-0.15, -0.1) is 0 Å². The summed E-state index contributed by atoms with van der Waals surface area (Å²) in [7, 11) is 3.14. The Morgan fingerprint density at radius 1 is 1.23 bits per heavy atom. The van der Waals surface area contributed by atoms with Crippen LogP contribution in [0.2, 0.25) is 0 Å². The highest BCUT2D eigenvalue weighted by molar-refractivity contribution is 9.10. The molecule has 0 bridgehead atoms. The summed E-state index contributed by atoms with van der Waals surface area (Å²) in [6, 6.07) is 10.1. The van der Waals surface area contributed by atoms with E-state index < -0.39 is 4.92 Å². The molecule has 0 unspecified atom stereocenters. The molecule has 22 heavy (non-hydrogen) atoms. The molecule has 0 saturated heterocycles. The van der Waals surface area contributed by atoms with Gasteiger partial charge in [0, 0.05) is 24.4 Å². The highest BCUT2D eigenvalue weighted by atomic mass is 79.9. The first-order valence-electron chi connectivity index (χ1n) is 6.44. The van der Waals surface area contributed by atoms with Gasteiger partial charge >= 0.3 is 0 Å². The van der Waals surface area contributed by atoms with Gasteiger partial charge in [0.15, 0.2) is 11.5 Å². The van der Waals surface area contributed by atoms with Gasteiger partial charge in [0.1, 0.15) is 0 Å². The second kappa shape index (κ2) is 7.13. The average molecular weight is 367 g/mol. The monoisotopic (exact) mass is 366 g/mol. The number of ether oxygens (including phenoxy) is 2. The lowest BCUT2D eigenvalue weighted by Crippen LogP contribution is -2.01. The van der Waals surface area contributed by atoms with E-state index in [4.69, 9.17) is 9.47 Å². The van der Waals surface area contributed by atoms with Crippen molar-refractivity contribution in [1.29, 1.82) is 0 Å². The van der Waals surface area contributed by atoms with Crippen LogP contribution in [0.1, 0.15) is 5.56 Å². The maximum Gasteiger partial charge on any atom is 0.271 e. The summed E-state index contributed by atoms with van der Waals surface area (Å²) in [5.41, 5.74) is 1.69. The zero-order valence-electron chi connectivity index (χ0n) is 12.1. The molecule has 0 aliphatic rings. The Kier molecular flexibility index (Phi) is 5.21. The van der Waals surface area contributed by atoms with Crippen LogP contribution in [0, 0.1) is 10.1 Å². The van der Waals surface area contributed by atoms with Crippen LogP contribution in [0.15, 0.2) is 40.9 Å². The maximum atomic E-state index is 10.8. The summed E-state index contributed by atoms with van der Waals surface area (Å²) in [5, 5.41) is 13.9. The third-order valence-corrected chi connectivity index (χ3v) is 3.64. The van der Waals surface area contributed by atoms with Crippen molar-refractivity contribution in [3.05, 3.63) is 56.5 Å². The molecule has 7 heteroatoms. The van der Waals surface area contributed by atoms with Crippen LogP contribution < -0.4 is 14.8 Å². The number of hydrogen-bond acceptors (Lipinski definition) is 5. The molecule has 116 valence electrons. The zero-order valence-corrected chi connectivity index (χ0v) is 13.7. The van der Waals surface area contributed by atoms with Gasteiger partial charge in [-0.2, -0.15) is 0 Å². The normalized spacial score (nSPS) is 10.1. The predicted octanol–water partition coefficient (Wildman–Crippen LogP) is 3.99. The molecule has 0 amide bonds. The third-order valence-electron chi connectivity index (χ3n) is 3.05. The molecule has 0 atom stereocenters. The Morgan fingerprint density at radius 2 is 2.00 bits per heavy atom. The van der Waals surface area contributed by atoms with E-state index in [0.717, 1.165) is 10.0 Å². The number of rotatable bonds is 6. The minimum Gasteiger partial charge on any atom is -0.493 e. The van der Waals surface area contributed by atoms with Gasteiger partial charge in [-0.05, 0) is 39.7 Å². The molecule has 0 aliphatic heterocycles. The molecule has 0 fully saturated rings. The number of nitro groups is 1. The van der Waals surface area contributed by atoms with E-state index in [1.165, 1.54) is 12.1 Å². The van der Waals surface area contributed by atoms with Crippen LogP contribution in [0.25, 0.3) is 0 Å². The number of halogens is 1. The molecule has 0 aliphatic carbocycles. The SMILES string of the molecule is COc1cc(CNc2cccc([N+](=O)[O-])c2)cc(Br)c1OC. The molecule has 1 N–H and O–H groups in total. The van der Waals surface area contributed by atoms with Crippen molar-refractivity contribution >= 4 is 27.3 Å². The van der Waals surface area contributed by atoms with Gasteiger partial charge in [0.05, 0.1) is 23.6 Å². The summed E-state index contributed by atoms with van der Waals surface area (Å²) < 4.78 is 11.3. The number of methoxy groups -OCH3 is 2. The van der Waals surface area contributed by atoms with Crippen molar-refractivity contribution in [2.45, 2.75) is 6.54 Å². The number of nitro benzene ring substituents is 1. The molecule has 0 heterocycles. The molecular formula is C15H15BrN2O4. The topological polar surface area (TPSA) is 73.6 Å². The number of benzene rings is 2. The van der Waals surface area contributed by atoms with Gasteiger partial charge in [0.2, 0.25) is 0 Å². The second-order valence-corrected chi connectivity index (χ2v) is 5.33. The van der Waals surface area contributed by atoms with Gasteiger partial charge in [-0.1, -0.05) is 6.07 Å². The van der Waals surface area contributed by atoms with Crippen LogP contribution in [-0.4, -0.2) is 19.1 Å². The van der Waals surface area contributed by atoms with Crippen LogP contribution in [-0.2, 0) is 6.54 Å². The largest absolute Gasteiger partial charge is 0.493 e. The fraction of sp³-hybridized carbons (Fsp3) is 0.200. The fourth-order valence-corrected chi connectivity index (χ4v) is 2.66. The first-order chi connectivity index (χ1) is 10.5. The fourth-order valence-electron chi connectivity index (χ4n) is 2.01. The first kappa shape index (κ1) is 16.1. The summed E-state index contributed by atoms with van der Waals surface area (Å²) in [5.74, 6) is 1.24.